The predicted molar refractivity (Wildman–Crippen MR) is 70.7 cm³/mol. The van der Waals surface area contributed by atoms with E-state index in [1.807, 2.05) is 0 Å². The highest BCUT2D eigenvalue weighted by Gasteiger charge is 2.14. The highest BCUT2D eigenvalue weighted by atomic mass is 35.5. The average Bonchev–Trinajstić information content (AvgIpc) is 2.28. The van der Waals surface area contributed by atoms with Crippen molar-refractivity contribution in [3.63, 3.8) is 0 Å². The maximum absolute atomic E-state index is 11.4. The van der Waals surface area contributed by atoms with Crippen LogP contribution in [0.1, 0.15) is 13.8 Å². The number of ether oxygens (including phenoxy) is 1. The van der Waals surface area contributed by atoms with E-state index < -0.39 is 0 Å². The number of carbonyl (C=O) groups is 1. The second-order valence-electron chi connectivity index (χ2n) is 3.63. The first-order chi connectivity index (χ1) is 8.06. The number of para-hydroxylation sites is 1. The summed E-state index contributed by atoms with van der Waals surface area (Å²) in [7, 11) is 0. The number of nitrogens with one attached hydrogen (secondary N) is 1. The number of carbonyl (C=O) groups excluding carboxylic acids is 1. The topological polar surface area (TPSA) is 38.3 Å². The molecule has 0 bridgehead atoms. The molecular formula is C12H15Cl2NO2. The van der Waals surface area contributed by atoms with E-state index in [9.17, 15) is 4.79 Å². The van der Waals surface area contributed by atoms with Gasteiger partial charge in [0.05, 0.1) is 28.3 Å². The Hall–Kier alpha value is -0.930. The van der Waals surface area contributed by atoms with Crippen molar-refractivity contribution in [3.8, 4) is 0 Å². The molecule has 17 heavy (non-hydrogen) atoms. The van der Waals surface area contributed by atoms with Crippen LogP contribution in [-0.2, 0) is 9.53 Å². The van der Waals surface area contributed by atoms with Crippen LogP contribution in [-0.4, -0.2) is 19.1 Å². The van der Waals surface area contributed by atoms with Crippen LogP contribution in [0.4, 0.5) is 5.69 Å². The van der Waals surface area contributed by atoms with Gasteiger partial charge in [-0.2, -0.15) is 0 Å². The van der Waals surface area contributed by atoms with Crippen LogP contribution in [0.3, 0.4) is 0 Å². The summed E-state index contributed by atoms with van der Waals surface area (Å²) >= 11 is 12.0. The van der Waals surface area contributed by atoms with Gasteiger partial charge in [0, 0.05) is 6.54 Å². The normalized spacial score (nSPS) is 12.0. The summed E-state index contributed by atoms with van der Waals surface area (Å²) in [6.45, 7) is 4.39. The summed E-state index contributed by atoms with van der Waals surface area (Å²) in [5.74, 6) is -0.481. The number of hydrogen-bond donors (Lipinski definition) is 1. The molecule has 0 aliphatic rings. The highest BCUT2D eigenvalue weighted by molar-refractivity contribution is 6.39. The molecule has 0 spiro atoms. The largest absolute Gasteiger partial charge is 0.466 e. The van der Waals surface area contributed by atoms with E-state index in [4.69, 9.17) is 27.9 Å². The zero-order valence-corrected chi connectivity index (χ0v) is 11.3. The molecule has 0 amide bonds. The van der Waals surface area contributed by atoms with Crippen LogP contribution in [0, 0.1) is 5.92 Å². The Balaban J connectivity index is 2.58. The van der Waals surface area contributed by atoms with E-state index in [-0.39, 0.29) is 11.9 Å². The van der Waals surface area contributed by atoms with Crippen molar-refractivity contribution < 1.29 is 9.53 Å². The van der Waals surface area contributed by atoms with Gasteiger partial charge in [-0.1, -0.05) is 36.2 Å². The molecule has 1 N–H and O–H groups in total. The van der Waals surface area contributed by atoms with Gasteiger partial charge in [-0.3, -0.25) is 4.79 Å². The molecular weight excluding hydrogens is 261 g/mol. The van der Waals surface area contributed by atoms with Gasteiger partial charge in [0.1, 0.15) is 0 Å². The van der Waals surface area contributed by atoms with Crippen molar-refractivity contribution >= 4 is 34.9 Å². The monoisotopic (exact) mass is 275 g/mol. The van der Waals surface area contributed by atoms with Crippen LogP contribution in [0.25, 0.3) is 0 Å². The van der Waals surface area contributed by atoms with E-state index in [1.165, 1.54) is 0 Å². The summed E-state index contributed by atoms with van der Waals surface area (Å²) in [5.41, 5.74) is 0.645. The summed E-state index contributed by atoms with van der Waals surface area (Å²) < 4.78 is 4.91. The molecule has 94 valence electrons. The molecule has 0 saturated heterocycles. The third kappa shape index (κ3) is 4.10. The van der Waals surface area contributed by atoms with Gasteiger partial charge in [0.25, 0.3) is 0 Å². The zero-order chi connectivity index (χ0) is 12.8. The van der Waals surface area contributed by atoms with E-state index in [2.05, 4.69) is 5.32 Å². The van der Waals surface area contributed by atoms with E-state index in [0.29, 0.717) is 28.9 Å². The lowest BCUT2D eigenvalue weighted by Gasteiger charge is -2.14. The standard InChI is InChI=1S/C12H15Cl2NO2/c1-3-17-12(16)8(2)7-15-11-9(13)5-4-6-10(11)14/h4-6,8,15H,3,7H2,1-2H3. The third-order valence-corrected chi connectivity index (χ3v) is 2.87. The van der Waals surface area contributed by atoms with Gasteiger partial charge in [-0.05, 0) is 19.1 Å². The average molecular weight is 276 g/mol. The van der Waals surface area contributed by atoms with Crippen LogP contribution < -0.4 is 5.32 Å². The Morgan fingerprint density at radius 2 is 2.00 bits per heavy atom. The number of rotatable bonds is 5. The fourth-order valence-corrected chi connectivity index (χ4v) is 1.82. The molecule has 0 aromatic heterocycles. The SMILES string of the molecule is CCOC(=O)C(C)CNc1c(Cl)cccc1Cl. The smallest absolute Gasteiger partial charge is 0.310 e. The second kappa shape index (κ2) is 6.72. The van der Waals surface area contributed by atoms with Gasteiger partial charge in [-0.15, -0.1) is 0 Å². The first-order valence-electron chi connectivity index (χ1n) is 5.40. The lowest BCUT2D eigenvalue weighted by Crippen LogP contribution is -2.22. The van der Waals surface area contributed by atoms with Crippen molar-refractivity contribution in [2.24, 2.45) is 5.92 Å². The predicted octanol–water partition coefficient (Wildman–Crippen LogP) is 3.60. The van der Waals surface area contributed by atoms with Crippen LogP contribution in [0.5, 0.6) is 0 Å². The minimum absolute atomic E-state index is 0.233. The number of halogens is 2. The maximum atomic E-state index is 11.4. The number of esters is 1. The molecule has 0 fully saturated rings. The van der Waals surface area contributed by atoms with Crippen LogP contribution >= 0.6 is 23.2 Å². The van der Waals surface area contributed by atoms with Crippen LogP contribution in [0.15, 0.2) is 18.2 Å². The molecule has 1 atom stereocenters. The molecule has 1 unspecified atom stereocenters. The number of anilines is 1. The number of benzene rings is 1. The summed E-state index contributed by atoms with van der Waals surface area (Å²) in [4.78, 5) is 11.4. The van der Waals surface area contributed by atoms with Crippen molar-refractivity contribution in [1.29, 1.82) is 0 Å². The summed E-state index contributed by atoms with van der Waals surface area (Å²) in [6.07, 6.45) is 0. The fraction of sp³-hybridized carbons (Fsp3) is 0.417. The maximum Gasteiger partial charge on any atom is 0.310 e. The molecule has 0 saturated carbocycles. The minimum Gasteiger partial charge on any atom is -0.466 e. The van der Waals surface area contributed by atoms with E-state index in [0.717, 1.165) is 0 Å². The van der Waals surface area contributed by atoms with Gasteiger partial charge >= 0.3 is 5.97 Å². The van der Waals surface area contributed by atoms with E-state index >= 15 is 0 Å². The molecule has 5 heteroatoms. The van der Waals surface area contributed by atoms with Crippen molar-refractivity contribution in [3.05, 3.63) is 28.2 Å². The fourth-order valence-electron chi connectivity index (χ4n) is 1.29. The lowest BCUT2D eigenvalue weighted by atomic mass is 10.2. The Bertz CT molecular complexity index is 376. The zero-order valence-electron chi connectivity index (χ0n) is 9.80. The van der Waals surface area contributed by atoms with Gasteiger partial charge in [0.2, 0.25) is 0 Å². The van der Waals surface area contributed by atoms with Crippen molar-refractivity contribution in [1.82, 2.24) is 0 Å². The Labute approximate surface area is 111 Å². The van der Waals surface area contributed by atoms with Crippen molar-refractivity contribution in [2.45, 2.75) is 13.8 Å². The Morgan fingerprint density at radius 3 is 2.53 bits per heavy atom. The molecule has 0 radical (unpaired) electrons. The quantitative estimate of drug-likeness (QED) is 0.835. The Morgan fingerprint density at radius 1 is 1.41 bits per heavy atom. The minimum atomic E-state index is -0.248. The van der Waals surface area contributed by atoms with Gasteiger partial charge < -0.3 is 10.1 Å². The molecule has 0 aliphatic carbocycles. The molecule has 1 aromatic carbocycles. The number of hydrogen-bond acceptors (Lipinski definition) is 3. The molecule has 1 rings (SSSR count). The third-order valence-electron chi connectivity index (χ3n) is 2.24. The second-order valence-corrected chi connectivity index (χ2v) is 4.45. The van der Waals surface area contributed by atoms with E-state index in [1.54, 1.807) is 32.0 Å². The lowest BCUT2D eigenvalue weighted by molar-refractivity contribution is -0.146. The van der Waals surface area contributed by atoms with Crippen LogP contribution in [0.2, 0.25) is 10.0 Å². The van der Waals surface area contributed by atoms with Crippen molar-refractivity contribution in [2.75, 3.05) is 18.5 Å². The first-order valence-corrected chi connectivity index (χ1v) is 6.16. The van der Waals surface area contributed by atoms with Gasteiger partial charge in [0.15, 0.2) is 0 Å². The van der Waals surface area contributed by atoms with Gasteiger partial charge in [-0.25, -0.2) is 0 Å². The summed E-state index contributed by atoms with van der Waals surface area (Å²) in [5, 5.41) is 4.13. The Kier molecular flexibility index (Phi) is 5.59. The molecule has 0 heterocycles. The summed E-state index contributed by atoms with van der Waals surface area (Å²) in [6, 6.07) is 5.25. The molecule has 3 nitrogen and oxygen atoms in total. The molecule has 0 aliphatic heterocycles. The first kappa shape index (κ1) is 14.1. The molecule has 1 aromatic rings. The highest BCUT2D eigenvalue weighted by Crippen LogP contribution is 2.29.